The van der Waals surface area contributed by atoms with Gasteiger partial charge in [-0.3, -0.25) is 0 Å². The number of nitrogens with two attached hydrogens (primary N) is 1. The smallest absolute Gasteiger partial charge is 0.127 e. The van der Waals surface area contributed by atoms with Crippen molar-refractivity contribution in [3.63, 3.8) is 0 Å². The minimum absolute atomic E-state index is 0.0460. The Balaban J connectivity index is 3.31. The predicted octanol–water partition coefficient (Wildman–Crippen LogP) is 3.30. The van der Waals surface area contributed by atoms with Crippen LogP contribution in [-0.4, -0.2) is 9.55 Å². The number of anilines is 1. The molecule has 0 atom stereocenters. The van der Waals surface area contributed by atoms with E-state index in [2.05, 4.69) is 46.1 Å². The van der Waals surface area contributed by atoms with E-state index in [-0.39, 0.29) is 5.41 Å². The molecule has 0 saturated heterocycles. The second-order valence-corrected chi connectivity index (χ2v) is 5.73. The first-order chi connectivity index (χ1) is 7.29. The minimum Gasteiger partial charge on any atom is -0.384 e. The van der Waals surface area contributed by atoms with Crippen molar-refractivity contribution >= 4 is 5.82 Å². The normalized spacial score (nSPS) is 12.4. The largest absolute Gasteiger partial charge is 0.384 e. The lowest BCUT2D eigenvalue weighted by Crippen LogP contribution is -2.21. The molecular formula is C13H25N3. The van der Waals surface area contributed by atoms with E-state index in [1.54, 1.807) is 0 Å². The van der Waals surface area contributed by atoms with Crippen LogP contribution in [0.1, 0.15) is 65.5 Å². The van der Waals surface area contributed by atoms with Gasteiger partial charge in [-0.25, -0.2) is 4.98 Å². The van der Waals surface area contributed by atoms with Gasteiger partial charge in [-0.05, 0) is 20.3 Å². The first kappa shape index (κ1) is 13.1. The van der Waals surface area contributed by atoms with Crippen LogP contribution in [0, 0.1) is 0 Å². The van der Waals surface area contributed by atoms with Gasteiger partial charge < -0.3 is 10.3 Å². The average Bonchev–Trinajstić information content (AvgIpc) is 2.44. The zero-order chi connectivity index (χ0) is 12.5. The van der Waals surface area contributed by atoms with Crippen molar-refractivity contribution in [2.75, 3.05) is 5.73 Å². The Morgan fingerprint density at radius 1 is 1.31 bits per heavy atom. The summed E-state index contributed by atoms with van der Waals surface area (Å²) >= 11 is 0. The third-order valence-corrected chi connectivity index (χ3v) is 2.70. The summed E-state index contributed by atoms with van der Waals surface area (Å²) in [5.74, 6) is 1.95. The second-order valence-electron chi connectivity index (χ2n) is 5.73. The van der Waals surface area contributed by atoms with Crippen LogP contribution in [0.25, 0.3) is 0 Å². The van der Waals surface area contributed by atoms with E-state index in [0.29, 0.717) is 6.04 Å². The van der Waals surface area contributed by atoms with Gasteiger partial charge in [0, 0.05) is 11.5 Å². The molecule has 16 heavy (non-hydrogen) atoms. The topological polar surface area (TPSA) is 43.8 Å². The average molecular weight is 223 g/mol. The highest BCUT2D eigenvalue weighted by Crippen LogP contribution is 2.29. The lowest BCUT2D eigenvalue weighted by Gasteiger charge is -2.22. The van der Waals surface area contributed by atoms with Crippen molar-refractivity contribution in [1.29, 1.82) is 0 Å². The van der Waals surface area contributed by atoms with Gasteiger partial charge in [0.1, 0.15) is 11.6 Å². The van der Waals surface area contributed by atoms with Gasteiger partial charge in [0.25, 0.3) is 0 Å². The highest BCUT2D eigenvalue weighted by molar-refractivity contribution is 5.40. The van der Waals surface area contributed by atoms with Crippen molar-refractivity contribution < 1.29 is 0 Å². The summed E-state index contributed by atoms with van der Waals surface area (Å²) < 4.78 is 2.17. The first-order valence-electron chi connectivity index (χ1n) is 6.16. The molecule has 92 valence electrons. The Labute approximate surface area is 99.1 Å². The van der Waals surface area contributed by atoms with E-state index in [4.69, 9.17) is 10.7 Å². The summed E-state index contributed by atoms with van der Waals surface area (Å²) in [6.07, 6.45) is 2.05. The fraction of sp³-hybridized carbons (Fsp3) is 0.769. The molecule has 0 aromatic carbocycles. The zero-order valence-electron chi connectivity index (χ0n) is 11.5. The van der Waals surface area contributed by atoms with Crippen LogP contribution >= 0.6 is 0 Å². The molecule has 0 aliphatic carbocycles. The van der Waals surface area contributed by atoms with Crippen LogP contribution in [0.15, 0.2) is 0 Å². The number of hydrogen-bond acceptors (Lipinski definition) is 2. The molecule has 0 bridgehead atoms. The van der Waals surface area contributed by atoms with Crippen molar-refractivity contribution in [2.24, 2.45) is 0 Å². The molecule has 1 aromatic rings. The molecule has 2 N–H and O–H groups in total. The Hall–Kier alpha value is -0.990. The number of nitrogen functional groups attached to an aromatic ring is 1. The number of aromatic nitrogens is 2. The summed E-state index contributed by atoms with van der Waals surface area (Å²) in [7, 11) is 0. The van der Waals surface area contributed by atoms with E-state index in [1.165, 1.54) is 0 Å². The maximum Gasteiger partial charge on any atom is 0.127 e. The maximum atomic E-state index is 6.19. The molecule has 1 heterocycles. The summed E-state index contributed by atoms with van der Waals surface area (Å²) in [6.45, 7) is 13.0. The Kier molecular flexibility index (Phi) is 3.66. The molecule has 0 aliphatic heterocycles. The van der Waals surface area contributed by atoms with Crippen LogP contribution in [-0.2, 0) is 11.8 Å². The molecule has 0 fully saturated rings. The summed E-state index contributed by atoms with van der Waals surface area (Å²) in [4.78, 5) is 4.73. The highest BCUT2D eigenvalue weighted by atomic mass is 15.2. The van der Waals surface area contributed by atoms with E-state index < -0.39 is 0 Å². The highest BCUT2D eigenvalue weighted by Gasteiger charge is 2.25. The van der Waals surface area contributed by atoms with Crippen molar-refractivity contribution in [3.05, 3.63) is 11.5 Å². The minimum atomic E-state index is 0.0460. The van der Waals surface area contributed by atoms with Crippen molar-refractivity contribution in [1.82, 2.24) is 9.55 Å². The first-order valence-corrected chi connectivity index (χ1v) is 6.16. The van der Waals surface area contributed by atoms with E-state index in [1.807, 2.05) is 0 Å². The molecular weight excluding hydrogens is 198 g/mol. The Morgan fingerprint density at radius 3 is 2.19 bits per heavy atom. The number of nitrogens with zero attached hydrogens (tertiary/aromatic N) is 2. The van der Waals surface area contributed by atoms with Gasteiger partial charge in [0.05, 0.1) is 5.69 Å². The van der Waals surface area contributed by atoms with Gasteiger partial charge in [-0.15, -0.1) is 0 Å². The molecule has 0 unspecified atom stereocenters. The predicted molar refractivity (Wildman–Crippen MR) is 69.7 cm³/mol. The molecule has 0 aliphatic rings. The summed E-state index contributed by atoms with van der Waals surface area (Å²) in [5, 5.41) is 0. The third-order valence-electron chi connectivity index (χ3n) is 2.70. The van der Waals surface area contributed by atoms with Gasteiger partial charge in [0.15, 0.2) is 0 Å². The molecule has 0 spiro atoms. The summed E-state index contributed by atoms with van der Waals surface area (Å²) in [6, 6.07) is 0.368. The fourth-order valence-electron chi connectivity index (χ4n) is 1.96. The zero-order valence-corrected chi connectivity index (χ0v) is 11.5. The number of hydrogen-bond donors (Lipinski definition) is 1. The second kappa shape index (κ2) is 4.48. The Morgan fingerprint density at radius 2 is 1.88 bits per heavy atom. The molecule has 0 saturated carbocycles. The Bertz CT molecular complexity index is 356. The van der Waals surface area contributed by atoms with E-state index >= 15 is 0 Å². The van der Waals surface area contributed by atoms with Crippen LogP contribution in [0.5, 0.6) is 0 Å². The van der Waals surface area contributed by atoms with Crippen molar-refractivity contribution in [2.45, 2.75) is 65.8 Å². The van der Waals surface area contributed by atoms with E-state index in [0.717, 1.165) is 30.2 Å². The van der Waals surface area contributed by atoms with Gasteiger partial charge in [-0.2, -0.15) is 0 Å². The summed E-state index contributed by atoms with van der Waals surface area (Å²) in [5.41, 5.74) is 7.29. The SMILES string of the molecule is CCCc1nc(C(C)(C)C)n(C(C)C)c1N. The molecule has 1 aromatic heterocycles. The third kappa shape index (κ3) is 2.39. The maximum absolute atomic E-state index is 6.19. The molecule has 0 amide bonds. The monoisotopic (exact) mass is 223 g/mol. The van der Waals surface area contributed by atoms with Crippen LogP contribution in [0.3, 0.4) is 0 Å². The molecule has 3 nitrogen and oxygen atoms in total. The van der Waals surface area contributed by atoms with Crippen LogP contribution in [0.2, 0.25) is 0 Å². The molecule has 1 rings (SSSR count). The van der Waals surface area contributed by atoms with Crippen LogP contribution < -0.4 is 5.73 Å². The number of aryl methyl sites for hydroxylation is 1. The quantitative estimate of drug-likeness (QED) is 0.854. The van der Waals surface area contributed by atoms with Gasteiger partial charge in [0.2, 0.25) is 0 Å². The lowest BCUT2D eigenvalue weighted by atomic mass is 9.95. The fourth-order valence-corrected chi connectivity index (χ4v) is 1.96. The van der Waals surface area contributed by atoms with E-state index in [9.17, 15) is 0 Å². The van der Waals surface area contributed by atoms with Gasteiger partial charge >= 0.3 is 0 Å². The standard InChI is InChI=1S/C13H25N3/c1-7-8-10-11(14)16(9(2)3)12(15-10)13(4,5)6/h9H,7-8,14H2,1-6H3. The number of imidazole rings is 1. The van der Waals surface area contributed by atoms with Crippen LogP contribution in [0.4, 0.5) is 5.82 Å². The van der Waals surface area contributed by atoms with Crippen molar-refractivity contribution in [3.8, 4) is 0 Å². The van der Waals surface area contributed by atoms with Gasteiger partial charge in [-0.1, -0.05) is 34.1 Å². The lowest BCUT2D eigenvalue weighted by molar-refractivity contribution is 0.472. The number of rotatable bonds is 3. The molecule has 0 radical (unpaired) electrons. The molecule has 3 heteroatoms.